The summed E-state index contributed by atoms with van der Waals surface area (Å²) in [6, 6.07) is 4.26. The molecule has 2 nitrogen and oxygen atoms in total. The minimum absolute atomic E-state index is 0.0617. The van der Waals surface area contributed by atoms with E-state index in [0.29, 0.717) is 0 Å². The third-order valence-electron chi connectivity index (χ3n) is 2.19. The van der Waals surface area contributed by atoms with Crippen molar-refractivity contribution in [3.63, 3.8) is 0 Å². The van der Waals surface area contributed by atoms with Crippen molar-refractivity contribution < 1.29 is 5.11 Å². The summed E-state index contributed by atoms with van der Waals surface area (Å²) in [5.41, 5.74) is 0. The average Bonchev–Trinajstić information content (AvgIpc) is 2.47. The van der Waals surface area contributed by atoms with Crippen molar-refractivity contribution in [2.45, 2.75) is 12.5 Å². The molecule has 0 unspecified atom stereocenters. The summed E-state index contributed by atoms with van der Waals surface area (Å²) >= 11 is 1.81. The minimum Gasteiger partial charge on any atom is -0.390 e. The van der Waals surface area contributed by atoms with Gasteiger partial charge in [0.25, 0.3) is 0 Å². The van der Waals surface area contributed by atoms with Crippen LogP contribution in [0.25, 0.3) is 0 Å². The van der Waals surface area contributed by atoms with E-state index >= 15 is 0 Å². The van der Waals surface area contributed by atoms with E-state index in [4.69, 9.17) is 5.11 Å². The van der Waals surface area contributed by atoms with Gasteiger partial charge in [-0.25, -0.2) is 0 Å². The molecule has 3 heteroatoms. The Morgan fingerprint density at radius 3 is 3.00 bits per heavy atom. The first-order valence-electron chi connectivity index (χ1n) is 4.27. The van der Waals surface area contributed by atoms with E-state index < -0.39 is 0 Å². The second-order valence-electron chi connectivity index (χ2n) is 3.24. The molecule has 0 radical (unpaired) electrons. The van der Waals surface area contributed by atoms with E-state index in [2.05, 4.69) is 22.4 Å². The van der Waals surface area contributed by atoms with Gasteiger partial charge in [0.05, 0.1) is 6.10 Å². The molecule has 0 atom stereocenters. The van der Waals surface area contributed by atoms with Crippen molar-refractivity contribution in [2.75, 3.05) is 19.6 Å². The molecule has 1 aliphatic heterocycles. The topological polar surface area (TPSA) is 23.5 Å². The molecule has 1 fully saturated rings. The number of rotatable bonds is 3. The lowest BCUT2D eigenvalue weighted by atomic mass is 10.1. The number of aliphatic hydroxyl groups excluding tert-OH is 1. The monoisotopic (exact) mass is 183 g/mol. The van der Waals surface area contributed by atoms with Gasteiger partial charge in [-0.05, 0) is 17.9 Å². The number of hydrogen-bond acceptors (Lipinski definition) is 3. The summed E-state index contributed by atoms with van der Waals surface area (Å²) in [6.45, 7) is 2.83. The van der Waals surface area contributed by atoms with Crippen molar-refractivity contribution in [3.05, 3.63) is 22.4 Å². The predicted octanol–water partition coefficient (Wildman–Crippen LogP) is 0.967. The lowest BCUT2D eigenvalue weighted by Gasteiger charge is -2.35. The maximum atomic E-state index is 9.04. The van der Waals surface area contributed by atoms with Gasteiger partial charge in [0.15, 0.2) is 0 Å². The van der Waals surface area contributed by atoms with Crippen LogP contribution in [-0.2, 0) is 6.42 Å². The second kappa shape index (κ2) is 3.56. The molecule has 1 saturated heterocycles. The number of β-amino-alcohol motifs (C(OH)–C–C–N with tert-alkyl or cyclic N) is 1. The summed E-state index contributed by atoms with van der Waals surface area (Å²) in [7, 11) is 0. The van der Waals surface area contributed by atoms with Gasteiger partial charge in [0.1, 0.15) is 0 Å². The van der Waals surface area contributed by atoms with Crippen LogP contribution in [0, 0.1) is 0 Å². The molecule has 2 rings (SSSR count). The Morgan fingerprint density at radius 2 is 2.42 bits per heavy atom. The number of likely N-dealkylation sites (tertiary alicyclic amines) is 1. The molecule has 0 saturated carbocycles. The van der Waals surface area contributed by atoms with Gasteiger partial charge in [-0.15, -0.1) is 11.3 Å². The molecule has 1 aromatic rings. The maximum Gasteiger partial charge on any atom is 0.0793 e. The molecule has 1 N–H and O–H groups in total. The van der Waals surface area contributed by atoms with Gasteiger partial charge in [-0.1, -0.05) is 6.07 Å². The van der Waals surface area contributed by atoms with Crippen molar-refractivity contribution in [1.82, 2.24) is 4.90 Å². The summed E-state index contributed by atoms with van der Waals surface area (Å²) in [5, 5.41) is 11.1. The zero-order chi connectivity index (χ0) is 8.39. The summed E-state index contributed by atoms with van der Waals surface area (Å²) in [4.78, 5) is 3.72. The zero-order valence-electron chi connectivity index (χ0n) is 6.94. The van der Waals surface area contributed by atoms with Crippen LogP contribution < -0.4 is 0 Å². The summed E-state index contributed by atoms with van der Waals surface area (Å²) < 4.78 is 0. The predicted molar refractivity (Wildman–Crippen MR) is 50.5 cm³/mol. The van der Waals surface area contributed by atoms with Crippen LogP contribution in [-0.4, -0.2) is 35.7 Å². The molecule has 1 aromatic heterocycles. The molecular formula is C9H13NOS. The minimum atomic E-state index is -0.0617. The second-order valence-corrected chi connectivity index (χ2v) is 4.28. The fourth-order valence-corrected chi connectivity index (χ4v) is 2.15. The van der Waals surface area contributed by atoms with Gasteiger partial charge in [0, 0.05) is 24.5 Å². The zero-order valence-corrected chi connectivity index (χ0v) is 7.76. The Labute approximate surface area is 76.4 Å². The third kappa shape index (κ3) is 1.86. The van der Waals surface area contributed by atoms with Gasteiger partial charge in [-0.3, -0.25) is 4.90 Å². The molecule has 0 aromatic carbocycles. The Kier molecular flexibility index (Phi) is 2.44. The highest BCUT2D eigenvalue weighted by atomic mass is 32.1. The van der Waals surface area contributed by atoms with Crippen molar-refractivity contribution in [1.29, 1.82) is 0 Å². The first kappa shape index (κ1) is 8.23. The van der Waals surface area contributed by atoms with Crippen LogP contribution in [0.4, 0.5) is 0 Å². The molecule has 2 heterocycles. The van der Waals surface area contributed by atoms with Crippen LogP contribution in [0.2, 0.25) is 0 Å². The number of thiophene rings is 1. The fraction of sp³-hybridized carbons (Fsp3) is 0.556. The SMILES string of the molecule is OC1CN(CCc2cccs2)C1. The lowest BCUT2D eigenvalue weighted by molar-refractivity contribution is 0.00322. The highest BCUT2D eigenvalue weighted by Crippen LogP contribution is 2.12. The normalized spacial score (nSPS) is 19.4. The number of nitrogens with zero attached hydrogens (tertiary/aromatic N) is 1. The Bertz CT molecular complexity index is 229. The van der Waals surface area contributed by atoms with Crippen molar-refractivity contribution in [3.8, 4) is 0 Å². The maximum absolute atomic E-state index is 9.04. The van der Waals surface area contributed by atoms with Gasteiger partial charge in [-0.2, -0.15) is 0 Å². The average molecular weight is 183 g/mol. The largest absolute Gasteiger partial charge is 0.390 e. The lowest BCUT2D eigenvalue weighted by Crippen LogP contribution is -2.51. The van der Waals surface area contributed by atoms with E-state index in [1.807, 2.05) is 11.3 Å². The molecular weight excluding hydrogens is 170 g/mol. The van der Waals surface area contributed by atoms with E-state index in [9.17, 15) is 0 Å². The van der Waals surface area contributed by atoms with Crippen molar-refractivity contribution >= 4 is 11.3 Å². The van der Waals surface area contributed by atoms with Crippen LogP contribution in [0.5, 0.6) is 0 Å². The smallest absolute Gasteiger partial charge is 0.0793 e. The van der Waals surface area contributed by atoms with E-state index in [1.165, 1.54) is 4.88 Å². The number of aliphatic hydroxyl groups is 1. The third-order valence-corrected chi connectivity index (χ3v) is 3.13. The number of hydrogen-bond donors (Lipinski definition) is 1. The Morgan fingerprint density at radius 1 is 1.58 bits per heavy atom. The van der Waals surface area contributed by atoms with Crippen LogP contribution in [0.3, 0.4) is 0 Å². The highest BCUT2D eigenvalue weighted by Gasteiger charge is 2.23. The fourth-order valence-electron chi connectivity index (χ4n) is 1.45. The van der Waals surface area contributed by atoms with E-state index in [0.717, 1.165) is 26.1 Å². The molecule has 12 heavy (non-hydrogen) atoms. The van der Waals surface area contributed by atoms with Crippen LogP contribution in [0.1, 0.15) is 4.88 Å². The van der Waals surface area contributed by atoms with Crippen molar-refractivity contribution in [2.24, 2.45) is 0 Å². The summed E-state index contributed by atoms with van der Waals surface area (Å²) in [6.07, 6.45) is 1.07. The first-order chi connectivity index (χ1) is 5.84. The molecule has 66 valence electrons. The molecule has 0 aliphatic carbocycles. The molecule has 0 bridgehead atoms. The van der Waals surface area contributed by atoms with E-state index in [-0.39, 0.29) is 6.10 Å². The standard InChI is InChI=1S/C9H13NOS/c11-8-6-10(7-8)4-3-9-2-1-5-12-9/h1-2,5,8,11H,3-4,6-7H2. The quantitative estimate of drug-likeness (QED) is 0.754. The van der Waals surface area contributed by atoms with Gasteiger partial charge in [0.2, 0.25) is 0 Å². The summed E-state index contributed by atoms with van der Waals surface area (Å²) in [5.74, 6) is 0. The Hall–Kier alpha value is -0.380. The Balaban J connectivity index is 1.70. The first-order valence-corrected chi connectivity index (χ1v) is 5.15. The molecule has 0 amide bonds. The molecule has 0 spiro atoms. The van der Waals surface area contributed by atoms with Crippen LogP contribution in [0.15, 0.2) is 17.5 Å². The van der Waals surface area contributed by atoms with Gasteiger partial charge < -0.3 is 5.11 Å². The molecule has 1 aliphatic rings. The van der Waals surface area contributed by atoms with Crippen LogP contribution >= 0.6 is 11.3 Å². The highest BCUT2D eigenvalue weighted by molar-refractivity contribution is 7.09. The van der Waals surface area contributed by atoms with E-state index in [1.54, 1.807) is 0 Å². The van der Waals surface area contributed by atoms with Gasteiger partial charge >= 0.3 is 0 Å².